The van der Waals surface area contributed by atoms with E-state index in [1.807, 2.05) is 48.5 Å². The molecule has 0 atom stereocenters. The van der Waals surface area contributed by atoms with Gasteiger partial charge in [-0.3, -0.25) is 9.59 Å². The third-order valence-corrected chi connectivity index (χ3v) is 5.12. The maximum atomic E-state index is 12.9. The van der Waals surface area contributed by atoms with Crippen molar-refractivity contribution in [2.45, 2.75) is 6.54 Å². The summed E-state index contributed by atoms with van der Waals surface area (Å²) in [5.41, 5.74) is 2.37. The van der Waals surface area contributed by atoms with Crippen LogP contribution in [0.4, 0.5) is 5.69 Å². The van der Waals surface area contributed by atoms with E-state index in [9.17, 15) is 9.59 Å². The minimum atomic E-state index is -0.424. The maximum Gasteiger partial charge on any atom is 0.293 e. The molecule has 0 aliphatic carbocycles. The van der Waals surface area contributed by atoms with E-state index in [0.717, 1.165) is 21.0 Å². The highest BCUT2D eigenvalue weighted by atomic mass is 16.2. The molecule has 0 saturated carbocycles. The van der Waals surface area contributed by atoms with Crippen molar-refractivity contribution in [2.75, 3.05) is 5.32 Å². The lowest BCUT2D eigenvalue weighted by Crippen LogP contribution is -2.30. The molecule has 0 bridgehead atoms. The van der Waals surface area contributed by atoms with Gasteiger partial charge in [0.1, 0.15) is 18.4 Å². The Kier molecular flexibility index (Phi) is 4.69. The van der Waals surface area contributed by atoms with Crippen LogP contribution < -0.4 is 10.9 Å². The highest BCUT2D eigenvalue weighted by molar-refractivity contribution is 5.96. The lowest BCUT2D eigenvalue weighted by atomic mass is 10.0. The van der Waals surface area contributed by atoms with E-state index in [2.05, 4.69) is 15.5 Å². The van der Waals surface area contributed by atoms with Crippen molar-refractivity contribution in [3.8, 4) is 17.3 Å². The normalized spacial score (nSPS) is 10.8. The van der Waals surface area contributed by atoms with Gasteiger partial charge in [-0.15, -0.1) is 0 Å². The maximum absolute atomic E-state index is 12.9. The molecule has 32 heavy (non-hydrogen) atoms. The number of nitriles is 1. The monoisotopic (exact) mass is 420 g/mol. The Hall–Kier alpha value is -4.77. The largest absolute Gasteiger partial charge is 0.324 e. The fourth-order valence-corrected chi connectivity index (χ4v) is 3.63. The van der Waals surface area contributed by atoms with Crippen LogP contribution in [0.5, 0.6) is 0 Å². The molecule has 8 nitrogen and oxygen atoms in total. The number of hydrogen-bond donors (Lipinski definition) is 1. The SMILES string of the molecule is N#Cc1cccc(NC(=O)Cn2ncn3nc(-c4cccc5ccccc45)cc3c2=O)c1. The Morgan fingerprint density at radius 3 is 2.72 bits per heavy atom. The van der Waals surface area contributed by atoms with Crippen molar-refractivity contribution in [3.63, 3.8) is 0 Å². The van der Waals surface area contributed by atoms with Crippen molar-refractivity contribution in [1.82, 2.24) is 19.4 Å². The number of carbonyl (C=O) groups excluding carboxylic acids is 1. The van der Waals surface area contributed by atoms with Gasteiger partial charge in [-0.05, 0) is 35.0 Å². The van der Waals surface area contributed by atoms with Crippen molar-refractivity contribution >= 4 is 27.9 Å². The number of amides is 1. The zero-order valence-corrected chi connectivity index (χ0v) is 16.8. The molecule has 5 rings (SSSR count). The van der Waals surface area contributed by atoms with Crippen molar-refractivity contribution in [2.24, 2.45) is 0 Å². The molecule has 0 spiro atoms. The van der Waals surface area contributed by atoms with E-state index in [1.165, 1.54) is 10.8 Å². The summed E-state index contributed by atoms with van der Waals surface area (Å²) in [6.07, 6.45) is 1.41. The van der Waals surface area contributed by atoms with E-state index in [4.69, 9.17) is 5.26 Å². The molecule has 8 heteroatoms. The highest BCUT2D eigenvalue weighted by Crippen LogP contribution is 2.27. The third kappa shape index (κ3) is 3.48. The van der Waals surface area contributed by atoms with Crippen molar-refractivity contribution in [3.05, 3.63) is 95.0 Å². The van der Waals surface area contributed by atoms with Gasteiger partial charge in [0.25, 0.3) is 5.56 Å². The minimum absolute atomic E-state index is 0.263. The Bertz CT molecular complexity index is 1590. The molecule has 1 amide bonds. The molecular weight excluding hydrogens is 404 g/mol. The lowest BCUT2D eigenvalue weighted by molar-refractivity contribution is -0.117. The Labute approximate surface area is 182 Å². The van der Waals surface area contributed by atoms with E-state index in [1.54, 1.807) is 30.3 Å². The number of rotatable bonds is 4. The summed E-state index contributed by atoms with van der Waals surface area (Å²) >= 11 is 0. The molecule has 0 saturated heterocycles. The van der Waals surface area contributed by atoms with Crippen LogP contribution in [0.15, 0.2) is 83.9 Å². The Morgan fingerprint density at radius 2 is 1.84 bits per heavy atom. The molecule has 1 N–H and O–H groups in total. The summed E-state index contributed by atoms with van der Waals surface area (Å²) in [5, 5.41) is 22.4. The van der Waals surface area contributed by atoms with Gasteiger partial charge in [0.2, 0.25) is 5.91 Å². The van der Waals surface area contributed by atoms with Crippen LogP contribution in [0.25, 0.3) is 27.5 Å². The van der Waals surface area contributed by atoms with E-state index in [0.29, 0.717) is 22.5 Å². The van der Waals surface area contributed by atoms with Crippen LogP contribution in [-0.4, -0.2) is 25.3 Å². The first-order valence-corrected chi connectivity index (χ1v) is 9.86. The first-order chi connectivity index (χ1) is 15.6. The number of nitrogens with zero attached hydrogens (tertiary/aromatic N) is 5. The fraction of sp³-hybridized carbons (Fsp3) is 0.0417. The number of nitrogens with one attached hydrogen (secondary N) is 1. The highest BCUT2D eigenvalue weighted by Gasteiger charge is 2.14. The number of benzene rings is 3. The van der Waals surface area contributed by atoms with Crippen molar-refractivity contribution < 1.29 is 4.79 Å². The van der Waals surface area contributed by atoms with Crippen LogP contribution in [0.2, 0.25) is 0 Å². The second-order valence-corrected chi connectivity index (χ2v) is 7.22. The van der Waals surface area contributed by atoms with Crippen LogP contribution in [0.1, 0.15) is 5.56 Å². The number of hydrogen-bond acceptors (Lipinski definition) is 5. The average Bonchev–Trinajstić information content (AvgIpc) is 3.25. The molecule has 0 aliphatic heterocycles. The van der Waals surface area contributed by atoms with E-state index in [-0.39, 0.29) is 6.54 Å². The van der Waals surface area contributed by atoms with E-state index < -0.39 is 11.5 Å². The fourth-order valence-electron chi connectivity index (χ4n) is 3.63. The van der Waals surface area contributed by atoms with Gasteiger partial charge in [0.05, 0.1) is 17.3 Å². The molecule has 2 heterocycles. The zero-order chi connectivity index (χ0) is 22.1. The summed E-state index contributed by atoms with van der Waals surface area (Å²) in [4.78, 5) is 25.4. The van der Waals surface area contributed by atoms with Crippen molar-refractivity contribution in [1.29, 1.82) is 5.26 Å². The number of fused-ring (bicyclic) bond motifs is 2. The standard InChI is InChI=1S/C24H16N6O2/c25-13-16-5-3-8-18(11-16)27-23(31)14-29-24(32)22-12-21(28-30(22)15-26-29)20-10-4-7-17-6-1-2-9-19(17)20/h1-12,15H,14H2,(H,27,31). The molecule has 0 fully saturated rings. The molecule has 2 aromatic heterocycles. The predicted molar refractivity (Wildman–Crippen MR) is 120 cm³/mol. The van der Waals surface area contributed by atoms with Gasteiger partial charge >= 0.3 is 0 Å². The molecule has 0 radical (unpaired) electrons. The molecule has 0 aliphatic rings. The van der Waals surface area contributed by atoms with Crippen LogP contribution in [0, 0.1) is 11.3 Å². The summed E-state index contributed by atoms with van der Waals surface area (Å²) in [6, 6.07) is 24.2. The second-order valence-electron chi connectivity index (χ2n) is 7.22. The molecule has 5 aromatic rings. The zero-order valence-electron chi connectivity index (χ0n) is 16.8. The molecule has 0 unspecified atom stereocenters. The minimum Gasteiger partial charge on any atom is -0.324 e. The summed E-state index contributed by atoms with van der Waals surface area (Å²) < 4.78 is 2.51. The molecule has 3 aromatic carbocycles. The van der Waals surface area contributed by atoms with Gasteiger partial charge in [-0.2, -0.15) is 15.5 Å². The van der Waals surface area contributed by atoms with Crippen LogP contribution in [-0.2, 0) is 11.3 Å². The number of aromatic nitrogens is 4. The lowest BCUT2D eigenvalue weighted by Gasteiger charge is -2.07. The van der Waals surface area contributed by atoms with E-state index >= 15 is 0 Å². The van der Waals surface area contributed by atoms with Gasteiger partial charge in [0.15, 0.2) is 0 Å². The van der Waals surface area contributed by atoms with Gasteiger partial charge in [-0.1, -0.05) is 48.5 Å². The van der Waals surface area contributed by atoms with Crippen LogP contribution >= 0.6 is 0 Å². The molecule has 154 valence electrons. The van der Waals surface area contributed by atoms with Crippen LogP contribution in [0.3, 0.4) is 0 Å². The third-order valence-electron chi connectivity index (χ3n) is 5.12. The smallest absolute Gasteiger partial charge is 0.293 e. The second kappa shape index (κ2) is 7.81. The quantitative estimate of drug-likeness (QED) is 0.481. The first-order valence-electron chi connectivity index (χ1n) is 9.86. The Balaban J connectivity index is 1.46. The molecular formula is C24H16N6O2. The van der Waals surface area contributed by atoms with Gasteiger partial charge in [0, 0.05) is 11.3 Å². The average molecular weight is 420 g/mol. The topological polar surface area (TPSA) is 105 Å². The number of carbonyl (C=O) groups is 1. The Morgan fingerprint density at radius 1 is 1.03 bits per heavy atom. The van der Waals surface area contributed by atoms with Gasteiger partial charge < -0.3 is 5.32 Å². The summed E-state index contributed by atoms with van der Waals surface area (Å²) in [7, 11) is 0. The number of anilines is 1. The van der Waals surface area contributed by atoms with Gasteiger partial charge in [-0.25, -0.2) is 9.20 Å². The summed E-state index contributed by atoms with van der Waals surface area (Å²) in [5.74, 6) is -0.423. The summed E-state index contributed by atoms with van der Waals surface area (Å²) in [6.45, 7) is -0.263. The predicted octanol–water partition coefficient (Wildman–Crippen LogP) is 3.22. The first kappa shape index (κ1) is 19.2.